The maximum absolute atomic E-state index is 2.44. The van der Waals surface area contributed by atoms with Crippen molar-refractivity contribution in [1.29, 1.82) is 0 Å². The van der Waals surface area contributed by atoms with Gasteiger partial charge in [-0.05, 0) is 141 Å². The van der Waals surface area contributed by atoms with E-state index in [2.05, 4.69) is 254 Å². The lowest BCUT2D eigenvalue weighted by Gasteiger charge is -2.29. The van der Waals surface area contributed by atoms with Crippen LogP contribution < -0.4 is 4.90 Å². The zero-order chi connectivity index (χ0) is 41.7. The van der Waals surface area contributed by atoms with Crippen molar-refractivity contribution >= 4 is 70.9 Å². The van der Waals surface area contributed by atoms with Gasteiger partial charge in [0.05, 0.1) is 5.69 Å². The predicted octanol–water partition coefficient (Wildman–Crippen LogP) is 17.6. The van der Waals surface area contributed by atoms with Crippen LogP contribution in [0.5, 0.6) is 0 Å². The van der Waals surface area contributed by atoms with Gasteiger partial charge in [-0.15, -0.1) is 0 Å². The van der Waals surface area contributed by atoms with Gasteiger partial charge in [0.25, 0.3) is 0 Å². The molecule has 0 atom stereocenters. The molecule has 1 heteroatoms. The van der Waals surface area contributed by atoms with Crippen LogP contribution >= 0.6 is 0 Å². The number of benzene rings is 12. The fourth-order valence-electron chi connectivity index (χ4n) is 9.63. The average molecular weight is 800 g/mol. The van der Waals surface area contributed by atoms with Gasteiger partial charge in [0, 0.05) is 16.9 Å². The Morgan fingerprint density at radius 2 is 0.667 bits per heavy atom. The second-order valence-electron chi connectivity index (χ2n) is 16.5. The Labute approximate surface area is 367 Å². The summed E-state index contributed by atoms with van der Waals surface area (Å²) < 4.78 is 0. The highest BCUT2D eigenvalue weighted by Crippen LogP contribution is 2.45. The van der Waals surface area contributed by atoms with Gasteiger partial charge >= 0.3 is 0 Å². The predicted molar refractivity (Wildman–Crippen MR) is 270 cm³/mol. The molecule has 12 aromatic carbocycles. The van der Waals surface area contributed by atoms with E-state index in [-0.39, 0.29) is 0 Å². The van der Waals surface area contributed by atoms with Crippen molar-refractivity contribution in [3.8, 4) is 44.5 Å². The smallest absolute Gasteiger partial charge is 0.0546 e. The number of nitrogens with zero attached hydrogens (tertiary/aromatic N) is 1. The summed E-state index contributed by atoms with van der Waals surface area (Å²) in [4.78, 5) is 2.44. The highest BCUT2D eigenvalue weighted by Gasteiger charge is 2.20. The van der Waals surface area contributed by atoms with Crippen molar-refractivity contribution in [2.45, 2.75) is 0 Å². The van der Waals surface area contributed by atoms with Crippen molar-refractivity contribution in [1.82, 2.24) is 0 Å². The Morgan fingerprint density at radius 1 is 0.206 bits per heavy atom. The van der Waals surface area contributed by atoms with Gasteiger partial charge in [-0.2, -0.15) is 0 Å². The van der Waals surface area contributed by atoms with Gasteiger partial charge < -0.3 is 4.90 Å². The standard InChI is InChI=1S/C62H41N/c1-2-13-45(14-3-1)58-37-31-52(61-40-50-17-7-9-19-56(50)59-20-10-11-21-60(59)61)41-62(58)63(53-32-26-43(27-33-53)48-24-22-42-12-4-5-16-47(42)38-48)54-34-28-44(29-35-54)49-30-36-57-51(39-49)25-23-46-15-6-8-18-55(46)57/h1-41H. The first-order valence-electron chi connectivity index (χ1n) is 21.7. The molecule has 0 saturated carbocycles. The van der Waals surface area contributed by atoms with Crippen molar-refractivity contribution in [3.63, 3.8) is 0 Å². The van der Waals surface area contributed by atoms with Crippen molar-refractivity contribution in [3.05, 3.63) is 249 Å². The molecule has 0 spiro atoms. The van der Waals surface area contributed by atoms with Gasteiger partial charge in [-0.25, -0.2) is 0 Å². The van der Waals surface area contributed by atoms with Crippen LogP contribution in [0.15, 0.2) is 249 Å². The quantitative estimate of drug-likeness (QED) is 0.145. The van der Waals surface area contributed by atoms with E-state index in [0.29, 0.717) is 0 Å². The maximum Gasteiger partial charge on any atom is 0.0546 e. The molecule has 12 aromatic rings. The molecular formula is C62H41N. The van der Waals surface area contributed by atoms with Crippen molar-refractivity contribution in [2.24, 2.45) is 0 Å². The molecule has 0 heterocycles. The number of anilines is 3. The molecule has 0 saturated heterocycles. The number of rotatable bonds is 7. The molecule has 0 radical (unpaired) electrons. The van der Waals surface area contributed by atoms with Crippen LogP contribution in [0.4, 0.5) is 17.1 Å². The Bertz CT molecular complexity index is 3660. The number of fused-ring (bicyclic) bond motifs is 7. The summed E-state index contributed by atoms with van der Waals surface area (Å²) in [6, 6.07) is 91.2. The lowest BCUT2D eigenvalue weighted by atomic mass is 9.91. The molecule has 0 aliphatic heterocycles. The summed E-state index contributed by atoms with van der Waals surface area (Å²) in [6.45, 7) is 0. The fraction of sp³-hybridized carbons (Fsp3) is 0. The molecular weight excluding hydrogens is 759 g/mol. The summed E-state index contributed by atoms with van der Waals surface area (Å²) >= 11 is 0. The van der Waals surface area contributed by atoms with E-state index in [4.69, 9.17) is 0 Å². The molecule has 0 aromatic heterocycles. The minimum Gasteiger partial charge on any atom is -0.310 e. The van der Waals surface area contributed by atoms with Crippen LogP contribution in [0.1, 0.15) is 0 Å². The van der Waals surface area contributed by atoms with Crippen LogP contribution in [-0.4, -0.2) is 0 Å². The van der Waals surface area contributed by atoms with E-state index in [1.807, 2.05) is 0 Å². The molecule has 294 valence electrons. The molecule has 0 bridgehead atoms. The first-order valence-corrected chi connectivity index (χ1v) is 21.7. The average Bonchev–Trinajstić information content (AvgIpc) is 3.36. The molecule has 0 aliphatic carbocycles. The topological polar surface area (TPSA) is 3.24 Å². The van der Waals surface area contributed by atoms with Gasteiger partial charge in [0.2, 0.25) is 0 Å². The van der Waals surface area contributed by atoms with Crippen LogP contribution in [0, 0.1) is 0 Å². The van der Waals surface area contributed by atoms with Gasteiger partial charge in [0.15, 0.2) is 0 Å². The Kier molecular flexibility index (Phi) is 8.90. The van der Waals surface area contributed by atoms with Crippen LogP contribution in [0.25, 0.3) is 98.4 Å². The minimum absolute atomic E-state index is 1.08. The summed E-state index contributed by atoms with van der Waals surface area (Å²) in [5.74, 6) is 0. The largest absolute Gasteiger partial charge is 0.310 e. The highest BCUT2D eigenvalue weighted by molar-refractivity contribution is 6.14. The van der Waals surface area contributed by atoms with E-state index >= 15 is 0 Å². The van der Waals surface area contributed by atoms with E-state index in [9.17, 15) is 0 Å². The van der Waals surface area contributed by atoms with Crippen LogP contribution in [0.2, 0.25) is 0 Å². The lowest BCUT2D eigenvalue weighted by Crippen LogP contribution is -2.11. The van der Waals surface area contributed by atoms with Crippen molar-refractivity contribution in [2.75, 3.05) is 4.90 Å². The fourth-order valence-corrected chi connectivity index (χ4v) is 9.63. The molecule has 0 N–H and O–H groups in total. The molecule has 0 amide bonds. The van der Waals surface area contributed by atoms with E-state index in [1.54, 1.807) is 0 Å². The highest BCUT2D eigenvalue weighted by atomic mass is 15.1. The lowest BCUT2D eigenvalue weighted by molar-refractivity contribution is 1.28. The van der Waals surface area contributed by atoms with Crippen LogP contribution in [-0.2, 0) is 0 Å². The molecule has 0 aliphatic rings. The second-order valence-corrected chi connectivity index (χ2v) is 16.5. The van der Waals surface area contributed by atoms with Crippen LogP contribution in [0.3, 0.4) is 0 Å². The summed E-state index contributed by atoms with van der Waals surface area (Å²) in [7, 11) is 0. The summed E-state index contributed by atoms with van der Waals surface area (Å²) in [6.07, 6.45) is 0. The SMILES string of the molecule is c1ccc(-c2ccc(-c3cc4ccccc4c4ccccc34)cc2N(c2ccc(-c3ccc4ccccc4c3)cc2)c2ccc(-c3ccc4c(ccc5ccccc54)c3)cc2)cc1. The maximum atomic E-state index is 2.44. The Hall–Kier alpha value is -8.26. The first kappa shape index (κ1) is 36.6. The molecule has 0 fully saturated rings. The van der Waals surface area contributed by atoms with Gasteiger partial charge in [-0.3, -0.25) is 0 Å². The third kappa shape index (κ3) is 6.59. The summed E-state index contributed by atoms with van der Waals surface area (Å²) in [5.41, 5.74) is 12.8. The molecule has 1 nitrogen and oxygen atoms in total. The number of hydrogen-bond acceptors (Lipinski definition) is 1. The molecule has 12 rings (SSSR count). The van der Waals surface area contributed by atoms with E-state index in [0.717, 1.165) is 22.6 Å². The normalized spacial score (nSPS) is 11.5. The zero-order valence-electron chi connectivity index (χ0n) is 34.6. The molecule has 0 unspecified atom stereocenters. The number of hydrogen-bond donors (Lipinski definition) is 0. The van der Waals surface area contributed by atoms with Crippen molar-refractivity contribution < 1.29 is 0 Å². The first-order chi connectivity index (χ1) is 31.2. The minimum atomic E-state index is 1.08. The Morgan fingerprint density at radius 3 is 1.38 bits per heavy atom. The summed E-state index contributed by atoms with van der Waals surface area (Å²) in [5, 5.41) is 12.6. The second kappa shape index (κ2) is 15.3. The Balaban J connectivity index is 1.03. The monoisotopic (exact) mass is 799 g/mol. The third-order valence-electron chi connectivity index (χ3n) is 12.8. The zero-order valence-corrected chi connectivity index (χ0v) is 34.6. The molecule has 63 heavy (non-hydrogen) atoms. The van der Waals surface area contributed by atoms with Gasteiger partial charge in [0.1, 0.15) is 0 Å². The van der Waals surface area contributed by atoms with E-state index < -0.39 is 0 Å². The third-order valence-corrected chi connectivity index (χ3v) is 12.8. The van der Waals surface area contributed by atoms with Gasteiger partial charge in [-0.1, -0.05) is 200 Å². The van der Waals surface area contributed by atoms with E-state index in [1.165, 1.54) is 92.8 Å².